The lowest BCUT2D eigenvalue weighted by Gasteiger charge is -2.37. The summed E-state index contributed by atoms with van der Waals surface area (Å²) in [7, 11) is 2.00. The van der Waals surface area contributed by atoms with Gasteiger partial charge >= 0.3 is 0 Å². The van der Waals surface area contributed by atoms with E-state index >= 15 is 0 Å². The Morgan fingerprint density at radius 2 is 1.86 bits per heavy atom. The van der Waals surface area contributed by atoms with Gasteiger partial charge < -0.3 is 24.8 Å². The average molecular weight is 494 g/mol. The van der Waals surface area contributed by atoms with Crippen LogP contribution in [0, 0.1) is 0 Å². The zero-order valence-corrected chi connectivity index (χ0v) is 21.0. The maximum absolute atomic E-state index is 13.3. The van der Waals surface area contributed by atoms with Crippen LogP contribution >= 0.6 is 0 Å². The molecule has 0 saturated carbocycles. The Labute approximate surface area is 212 Å². The van der Waals surface area contributed by atoms with Gasteiger partial charge in [-0.05, 0) is 62.6 Å². The smallest absolute Gasteiger partial charge is 0.255 e. The van der Waals surface area contributed by atoms with E-state index in [0.29, 0.717) is 36.7 Å². The van der Waals surface area contributed by atoms with Crippen molar-refractivity contribution in [3.05, 3.63) is 64.7 Å². The molecule has 0 aliphatic carbocycles. The monoisotopic (exact) mass is 493 g/mol. The van der Waals surface area contributed by atoms with Gasteiger partial charge in [-0.3, -0.25) is 14.5 Å². The van der Waals surface area contributed by atoms with Crippen LogP contribution in [0.5, 0.6) is 5.75 Å². The van der Waals surface area contributed by atoms with Gasteiger partial charge in [-0.15, -0.1) is 0 Å². The third kappa shape index (κ3) is 4.85. The first-order valence-corrected chi connectivity index (χ1v) is 12.9. The van der Waals surface area contributed by atoms with E-state index in [2.05, 4.69) is 22.3 Å². The first-order valence-electron chi connectivity index (χ1n) is 12.9. The van der Waals surface area contributed by atoms with Gasteiger partial charge in [-0.2, -0.15) is 0 Å². The van der Waals surface area contributed by atoms with Gasteiger partial charge in [0.05, 0.1) is 43.6 Å². The number of fused-ring (bicyclic) bond motifs is 3. The lowest BCUT2D eigenvalue weighted by atomic mass is 9.91. The summed E-state index contributed by atoms with van der Waals surface area (Å²) in [5.41, 5.74) is 3.37. The van der Waals surface area contributed by atoms with Crippen LogP contribution in [-0.4, -0.2) is 84.4 Å². The highest BCUT2D eigenvalue weighted by Crippen LogP contribution is 2.31. The number of aliphatic hydroxyl groups is 1. The zero-order chi connectivity index (χ0) is 25.2. The maximum atomic E-state index is 13.3. The second-order valence-electron chi connectivity index (χ2n) is 10.0. The highest BCUT2D eigenvalue weighted by atomic mass is 16.5. The number of likely N-dealkylation sites (N-methyl/N-ethyl adjacent to an activating group) is 1. The van der Waals surface area contributed by atoms with Crippen molar-refractivity contribution in [3.8, 4) is 5.75 Å². The van der Waals surface area contributed by atoms with Crippen LogP contribution in [0.3, 0.4) is 0 Å². The summed E-state index contributed by atoms with van der Waals surface area (Å²) in [6, 6.07) is 13.4. The molecule has 2 bridgehead atoms. The Hall–Kier alpha value is -2.94. The minimum Gasteiger partial charge on any atom is -0.493 e. The van der Waals surface area contributed by atoms with E-state index in [1.54, 1.807) is 18.2 Å². The summed E-state index contributed by atoms with van der Waals surface area (Å²) in [4.78, 5) is 30.4. The number of hydrogen-bond donors (Lipinski definition) is 2. The number of morpholine rings is 1. The minimum absolute atomic E-state index is 0.0465. The minimum atomic E-state index is -0.722. The third-order valence-electron chi connectivity index (χ3n) is 7.70. The molecule has 2 fully saturated rings. The van der Waals surface area contributed by atoms with Crippen molar-refractivity contribution in [2.75, 3.05) is 33.4 Å². The second kappa shape index (κ2) is 10.6. The third-order valence-corrected chi connectivity index (χ3v) is 7.70. The summed E-state index contributed by atoms with van der Waals surface area (Å²) in [5.74, 6) is -0.00351. The van der Waals surface area contributed by atoms with Crippen LogP contribution in [0.15, 0.2) is 42.5 Å². The molecule has 2 aromatic rings. The van der Waals surface area contributed by atoms with Crippen molar-refractivity contribution in [2.45, 2.75) is 57.0 Å². The molecule has 192 valence electrons. The molecule has 5 rings (SSSR count). The molecule has 0 aromatic heterocycles. The van der Waals surface area contributed by atoms with Crippen LogP contribution < -0.4 is 10.1 Å². The van der Waals surface area contributed by atoms with Crippen molar-refractivity contribution in [2.24, 2.45) is 0 Å². The van der Waals surface area contributed by atoms with Crippen LogP contribution in [0.2, 0.25) is 0 Å². The second-order valence-corrected chi connectivity index (χ2v) is 10.0. The molecule has 8 nitrogen and oxygen atoms in total. The largest absolute Gasteiger partial charge is 0.493 e. The molecule has 4 atom stereocenters. The van der Waals surface area contributed by atoms with Crippen LogP contribution in [0.1, 0.15) is 51.6 Å². The predicted molar refractivity (Wildman–Crippen MR) is 135 cm³/mol. The number of nitrogens with one attached hydrogen (secondary N) is 1. The number of rotatable bonds is 7. The average Bonchev–Trinajstić information content (AvgIpc) is 3.14. The number of amides is 2. The van der Waals surface area contributed by atoms with Gasteiger partial charge in [0.25, 0.3) is 11.8 Å². The van der Waals surface area contributed by atoms with Gasteiger partial charge in [0.15, 0.2) is 0 Å². The number of ether oxygens (including phenoxy) is 2. The highest BCUT2D eigenvalue weighted by Gasteiger charge is 2.40. The SMILES string of the molecule is CCOc1cc(C(=O)N2C3CCC2COC3)ccc1C(=O)NCC(O)[C@@H]1Cc2ccccc2CN1C. The Kier molecular flexibility index (Phi) is 7.27. The summed E-state index contributed by atoms with van der Waals surface area (Å²) in [6.07, 6.45) is 1.92. The highest BCUT2D eigenvalue weighted by molar-refractivity contribution is 6.00. The molecule has 3 heterocycles. The molecule has 36 heavy (non-hydrogen) atoms. The van der Waals surface area contributed by atoms with E-state index in [-0.39, 0.29) is 36.5 Å². The number of aliphatic hydroxyl groups excluding tert-OH is 1. The molecule has 0 spiro atoms. The van der Waals surface area contributed by atoms with E-state index in [0.717, 1.165) is 25.8 Å². The van der Waals surface area contributed by atoms with Crippen molar-refractivity contribution < 1.29 is 24.2 Å². The van der Waals surface area contributed by atoms with Crippen LogP contribution in [-0.2, 0) is 17.7 Å². The zero-order valence-electron chi connectivity index (χ0n) is 21.0. The molecule has 2 N–H and O–H groups in total. The van der Waals surface area contributed by atoms with Gasteiger partial charge in [-0.25, -0.2) is 0 Å². The molecule has 0 radical (unpaired) electrons. The quantitative estimate of drug-likeness (QED) is 0.615. The molecule has 3 aliphatic heterocycles. The van der Waals surface area contributed by atoms with Crippen LogP contribution in [0.25, 0.3) is 0 Å². The Morgan fingerprint density at radius 3 is 2.58 bits per heavy atom. The normalized spacial score (nSPS) is 24.2. The van der Waals surface area contributed by atoms with Gasteiger partial charge in [-0.1, -0.05) is 24.3 Å². The van der Waals surface area contributed by atoms with Crippen LogP contribution in [0.4, 0.5) is 0 Å². The van der Waals surface area contributed by atoms with E-state index in [1.165, 1.54) is 11.1 Å². The summed E-state index contributed by atoms with van der Waals surface area (Å²) < 4.78 is 11.4. The molecule has 2 amide bonds. The Bertz CT molecular complexity index is 1110. The fourth-order valence-corrected chi connectivity index (χ4v) is 5.76. The van der Waals surface area contributed by atoms with Gasteiger partial charge in [0.2, 0.25) is 0 Å². The van der Waals surface area contributed by atoms with Gasteiger partial charge in [0, 0.05) is 24.7 Å². The van der Waals surface area contributed by atoms with Crippen molar-refractivity contribution in [1.82, 2.24) is 15.1 Å². The topological polar surface area (TPSA) is 91.3 Å². The number of benzene rings is 2. The summed E-state index contributed by atoms with van der Waals surface area (Å²) in [5, 5.41) is 13.8. The van der Waals surface area contributed by atoms with Gasteiger partial charge in [0.1, 0.15) is 5.75 Å². The predicted octanol–water partition coefficient (Wildman–Crippen LogP) is 2.24. The molecule has 8 heteroatoms. The first-order chi connectivity index (χ1) is 17.5. The number of nitrogens with zero attached hydrogens (tertiary/aromatic N) is 2. The lowest BCUT2D eigenvalue weighted by Crippen LogP contribution is -2.50. The fraction of sp³-hybridized carbons (Fsp3) is 0.500. The number of carbonyl (C=O) groups excluding carboxylic acids is 2. The van der Waals surface area contributed by atoms with E-state index < -0.39 is 6.10 Å². The lowest BCUT2D eigenvalue weighted by molar-refractivity contribution is -0.00717. The standard InChI is InChI=1S/C28H35N3O5/c1-3-36-26-13-19(28(34)31-21-9-10-22(31)17-35-16-21)8-11-23(26)27(33)29-14-25(32)24-12-18-6-4-5-7-20(18)15-30(24)2/h4-8,11,13,21-22,24-25,32H,3,9-10,12,14-17H2,1-2H3,(H,29,33)/t21?,22?,24-,25?/m0/s1. The molecule has 2 saturated heterocycles. The number of hydrogen-bond acceptors (Lipinski definition) is 6. The number of carbonyl (C=O) groups is 2. The maximum Gasteiger partial charge on any atom is 0.255 e. The van der Waals surface area contributed by atoms with Crippen molar-refractivity contribution >= 4 is 11.8 Å². The van der Waals surface area contributed by atoms with Crippen molar-refractivity contribution in [3.63, 3.8) is 0 Å². The Balaban J connectivity index is 1.26. The summed E-state index contributed by atoms with van der Waals surface area (Å²) >= 11 is 0. The first kappa shape index (κ1) is 24.7. The summed E-state index contributed by atoms with van der Waals surface area (Å²) in [6.45, 7) is 4.25. The molecule has 3 aliphatic rings. The van der Waals surface area contributed by atoms with E-state index in [4.69, 9.17) is 9.47 Å². The fourth-order valence-electron chi connectivity index (χ4n) is 5.76. The van der Waals surface area contributed by atoms with Crippen molar-refractivity contribution in [1.29, 1.82) is 0 Å². The van der Waals surface area contributed by atoms with E-state index in [9.17, 15) is 14.7 Å². The molecule has 2 aromatic carbocycles. The molecular formula is C28H35N3O5. The molecular weight excluding hydrogens is 458 g/mol. The molecule has 3 unspecified atom stereocenters. The van der Waals surface area contributed by atoms with E-state index in [1.807, 2.05) is 31.0 Å². The Morgan fingerprint density at radius 1 is 1.14 bits per heavy atom.